The van der Waals surface area contributed by atoms with Crippen LogP contribution in [0, 0.1) is 0 Å². The molecule has 5 heteroatoms. The molecule has 0 aliphatic heterocycles. The van der Waals surface area contributed by atoms with Crippen molar-refractivity contribution >= 4 is 11.9 Å². The average molecular weight is 258 g/mol. The van der Waals surface area contributed by atoms with E-state index < -0.39 is 11.6 Å². The van der Waals surface area contributed by atoms with Crippen LogP contribution in [-0.2, 0) is 14.3 Å². The fraction of sp³-hybridized carbons (Fsp3) is 0.846. The first-order valence-corrected chi connectivity index (χ1v) is 6.49. The maximum absolute atomic E-state index is 11.6. The van der Waals surface area contributed by atoms with Crippen LogP contribution in [-0.4, -0.2) is 36.6 Å². The van der Waals surface area contributed by atoms with Crippen LogP contribution in [0.25, 0.3) is 0 Å². The molecule has 1 unspecified atom stereocenters. The van der Waals surface area contributed by atoms with Gasteiger partial charge in [0.2, 0.25) is 5.91 Å². The van der Waals surface area contributed by atoms with Gasteiger partial charge in [-0.05, 0) is 34.1 Å². The number of ether oxygens (including phenoxy) is 1. The summed E-state index contributed by atoms with van der Waals surface area (Å²) in [5.41, 5.74) is -0.481. The summed E-state index contributed by atoms with van der Waals surface area (Å²) in [5.74, 6) is -0.294. The highest BCUT2D eigenvalue weighted by Crippen LogP contribution is 2.08. The van der Waals surface area contributed by atoms with Crippen molar-refractivity contribution in [2.45, 2.75) is 59.1 Å². The van der Waals surface area contributed by atoms with Gasteiger partial charge in [-0.2, -0.15) is 0 Å². The normalized spacial score (nSPS) is 12.9. The molecule has 2 N–H and O–H groups in total. The van der Waals surface area contributed by atoms with Gasteiger partial charge in [-0.25, -0.2) is 0 Å². The second-order valence-electron chi connectivity index (χ2n) is 5.31. The summed E-state index contributed by atoms with van der Waals surface area (Å²) in [6.07, 6.45) is 1.29. The largest absolute Gasteiger partial charge is 0.459 e. The molecular formula is C13H26N2O3. The molecule has 0 aromatic carbocycles. The number of rotatable bonds is 7. The van der Waals surface area contributed by atoms with Crippen molar-refractivity contribution in [1.82, 2.24) is 10.6 Å². The lowest BCUT2D eigenvalue weighted by Gasteiger charge is -2.22. The van der Waals surface area contributed by atoms with E-state index in [1.807, 2.05) is 27.7 Å². The molecule has 0 aliphatic rings. The topological polar surface area (TPSA) is 67.4 Å². The maximum atomic E-state index is 11.6. The summed E-state index contributed by atoms with van der Waals surface area (Å²) in [4.78, 5) is 22.9. The van der Waals surface area contributed by atoms with Gasteiger partial charge in [-0.3, -0.25) is 9.59 Å². The third-order valence-corrected chi connectivity index (χ3v) is 2.14. The lowest BCUT2D eigenvalue weighted by molar-refractivity contribution is -0.157. The van der Waals surface area contributed by atoms with E-state index in [2.05, 4.69) is 10.6 Å². The first kappa shape index (κ1) is 16.9. The van der Waals surface area contributed by atoms with E-state index in [1.165, 1.54) is 0 Å². The molecular weight excluding hydrogens is 232 g/mol. The quantitative estimate of drug-likeness (QED) is 0.674. The van der Waals surface area contributed by atoms with Gasteiger partial charge >= 0.3 is 5.97 Å². The zero-order valence-corrected chi connectivity index (χ0v) is 12.1. The molecule has 0 rings (SSSR count). The standard InChI is InChI=1S/C13H26N2O3/c1-6-8-15-11(16)7-9-14-10(2)12(17)18-13(3,4)5/h10,14H,6-9H2,1-5H3,(H,15,16). The molecule has 5 nitrogen and oxygen atoms in total. The van der Waals surface area contributed by atoms with Crippen molar-refractivity contribution in [3.8, 4) is 0 Å². The Hall–Kier alpha value is -1.10. The molecule has 0 spiro atoms. The Labute approximate surface area is 110 Å². The van der Waals surface area contributed by atoms with Crippen molar-refractivity contribution in [3.63, 3.8) is 0 Å². The monoisotopic (exact) mass is 258 g/mol. The predicted molar refractivity (Wildman–Crippen MR) is 71.2 cm³/mol. The van der Waals surface area contributed by atoms with Gasteiger partial charge in [-0.15, -0.1) is 0 Å². The van der Waals surface area contributed by atoms with Crippen LogP contribution in [0.4, 0.5) is 0 Å². The van der Waals surface area contributed by atoms with Gasteiger partial charge in [0, 0.05) is 19.5 Å². The number of carbonyl (C=O) groups excluding carboxylic acids is 2. The van der Waals surface area contributed by atoms with E-state index in [1.54, 1.807) is 6.92 Å². The van der Waals surface area contributed by atoms with Gasteiger partial charge in [0.25, 0.3) is 0 Å². The van der Waals surface area contributed by atoms with Crippen LogP contribution in [0.5, 0.6) is 0 Å². The van der Waals surface area contributed by atoms with Crippen molar-refractivity contribution in [1.29, 1.82) is 0 Å². The second kappa shape index (κ2) is 8.08. The van der Waals surface area contributed by atoms with E-state index in [-0.39, 0.29) is 11.9 Å². The van der Waals surface area contributed by atoms with Gasteiger partial charge in [0.05, 0.1) is 0 Å². The van der Waals surface area contributed by atoms with Gasteiger partial charge in [0.1, 0.15) is 11.6 Å². The molecule has 0 aromatic heterocycles. The molecule has 0 saturated carbocycles. The lowest BCUT2D eigenvalue weighted by atomic mass is 10.2. The number of hydrogen-bond acceptors (Lipinski definition) is 4. The fourth-order valence-electron chi connectivity index (χ4n) is 1.23. The molecule has 0 saturated heterocycles. The molecule has 18 heavy (non-hydrogen) atoms. The number of amides is 1. The Morgan fingerprint density at radius 2 is 1.83 bits per heavy atom. The number of nitrogens with one attached hydrogen (secondary N) is 2. The summed E-state index contributed by atoms with van der Waals surface area (Å²) < 4.78 is 5.22. The van der Waals surface area contributed by atoms with Gasteiger partial charge in [-0.1, -0.05) is 6.92 Å². The molecule has 0 aromatic rings. The summed E-state index contributed by atoms with van der Waals surface area (Å²) in [5, 5.41) is 5.76. The molecule has 1 amide bonds. The maximum Gasteiger partial charge on any atom is 0.323 e. The van der Waals surface area contributed by atoms with Crippen molar-refractivity contribution < 1.29 is 14.3 Å². The third kappa shape index (κ3) is 8.98. The fourth-order valence-corrected chi connectivity index (χ4v) is 1.23. The Kier molecular flexibility index (Phi) is 7.59. The summed E-state index contributed by atoms with van der Waals surface area (Å²) in [7, 11) is 0. The van der Waals surface area contributed by atoms with E-state index in [0.717, 1.165) is 6.42 Å². The van der Waals surface area contributed by atoms with Crippen LogP contribution in [0.3, 0.4) is 0 Å². The zero-order valence-electron chi connectivity index (χ0n) is 12.1. The molecule has 0 heterocycles. The van der Waals surface area contributed by atoms with E-state index in [9.17, 15) is 9.59 Å². The van der Waals surface area contributed by atoms with Crippen LogP contribution in [0.2, 0.25) is 0 Å². The van der Waals surface area contributed by atoms with Crippen LogP contribution in [0.1, 0.15) is 47.5 Å². The van der Waals surface area contributed by atoms with Crippen LogP contribution < -0.4 is 10.6 Å². The highest BCUT2D eigenvalue weighted by molar-refractivity contribution is 5.77. The molecule has 106 valence electrons. The molecule has 0 radical (unpaired) electrons. The SMILES string of the molecule is CCCNC(=O)CCNC(C)C(=O)OC(C)(C)C. The zero-order chi connectivity index (χ0) is 14.2. The Bertz CT molecular complexity index is 272. The number of hydrogen-bond donors (Lipinski definition) is 2. The molecule has 0 aliphatic carbocycles. The van der Waals surface area contributed by atoms with E-state index in [4.69, 9.17) is 4.74 Å². The van der Waals surface area contributed by atoms with Gasteiger partial charge < -0.3 is 15.4 Å². The van der Waals surface area contributed by atoms with E-state index in [0.29, 0.717) is 19.5 Å². The lowest BCUT2D eigenvalue weighted by Crippen LogP contribution is -2.40. The first-order chi connectivity index (χ1) is 8.26. The predicted octanol–water partition coefficient (Wildman–Crippen LogP) is 1.22. The number of esters is 1. The minimum absolute atomic E-state index is 0.000684. The average Bonchev–Trinajstić information content (AvgIpc) is 2.23. The highest BCUT2D eigenvalue weighted by atomic mass is 16.6. The molecule has 0 fully saturated rings. The summed E-state index contributed by atoms with van der Waals surface area (Å²) >= 11 is 0. The summed E-state index contributed by atoms with van der Waals surface area (Å²) in [6.45, 7) is 10.4. The third-order valence-electron chi connectivity index (χ3n) is 2.14. The minimum atomic E-state index is -0.481. The van der Waals surface area contributed by atoms with Gasteiger partial charge in [0.15, 0.2) is 0 Å². The van der Waals surface area contributed by atoms with Crippen molar-refractivity contribution in [3.05, 3.63) is 0 Å². The number of carbonyl (C=O) groups is 2. The highest BCUT2D eigenvalue weighted by Gasteiger charge is 2.21. The minimum Gasteiger partial charge on any atom is -0.459 e. The Morgan fingerprint density at radius 1 is 1.22 bits per heavy atom. The first-order valence-electron chi connectivity index (χ1n) is 6.49. The Balaban J connectivity index is 3.79. The van der Waals surface area contributed by atoms with Crippen molar-refractivity contribution in [2.24, 2.45) is 0 Å². The van der Waals surface area contributed by atoms with Crippen LogP contribution >= 0.6 is 0 Å². The van der Waals surface area contributed by atoms with Crippen LogP contribution in [0.15, 0.2) is 0 Å². The second-order valence-corrected chi connectivity index (χ2v) is 5.31. The Morgan fingerprint density at radius 3 is 2.33 bits per heavy atom. The van der Waals surface area contributed by atoms with Crippen molar-refractivity contribution in [2.75, 3.05) is 13.1 Å². The summed E-state index contributed by atoms with van der Waals surface area (Å²) in [6, 6.07) is -0.400. The molecule has 1 atom stereocenters. The van der Waals surface area contributed by atoms with E-state index >= 15 is 0 Å². The molecule has 0 bridgehead atoms. The smallest absolute Gasteiger partial charge is 0.323 e.